The van der Waals surface area contributed by atoms with E-state index < -0.39 is 22.9 Å². The van der Waals surface area contributed by atoms with Gasteiger partial charge in [0.1, 0.15) is 5.03 Å². The molecular formula is C21H17N3O5S. The maximum atomic E-state index is 12.6. The van der Waals surface area contributed by atoms with Gasteiger partial charge in [0.2, 0.25) is 0 Å². The third-order valence-electron chi connectivity index (χ3n) is 3.95. The first kappa shape index (κ1) is 21.0. The average Bonchev–Trinajstić information content (AvgIpc) is 2.75. The molecule has 0 aliphatic rings. The number of nitro benzene ring substituents is 1. The van der Waals surface area contributed by atoms with Crippen molar-refractivity contribution >= 4 is 35.0 Å². The Labute approximate surface area is 176 Å². The van der Waals surface area contributed by atoms with Gasteiger partial charge in [-0.05, 0) is 43.3 Å². The monoisotopic (exact) mass is 423 g/mol. The minimum absolute atomic E-state index is 0.0903. The molecule has 1 unspecified atom stereocenters. The summed E-state index contributed by atoms with van der Waals surface area (Å²) in [7, 11) is 0. The highest BCUT2D eigenvalue weighted by Gasteiger charge is 2.22. The number of nitrogens with one attached hydrogen (secondary N) is 1. The summed E-state index contributed by atoms with van der Waals surface area (Å²) in [4.78, 5) is 40.3. The Hall–Kier alpha value is -3.72. The van der Waals surface area contributed by atoms with Crippen molar-refractivity contribution < 1.29 is 19.2 Å². The topological polar surface area (TPSA) is 111 Å². The van der Waals surface area contributed by atoms with Crippen molar-refractivity contribution in [1.29, 1.82) is 0 Å². The van der Waals surface area contributed by atoms with E-state index in [4.69, 9.17) is 4.74 Å². The molecule has 1 atom stereocenters. The number of rotatable bonds is 7. The molecule has 30 heavy (non-hydrogen) atoms. The summed E-state index contributed by atoms with van der Waals surface area (Å²) in [5.74, 6) is -1.23. The Morgan fingerprint density at radius 3 is 2.43 bits per heavy atom. The molecule has 3 rings (SSSR count). The van der Waals surface area contributed by atoms with E-state index in [2.05, 4.69) is 10.3 Å². The number of anilines is 1. The smallest absolute Gasteiger partial charge is 0.341 e. The predicted molar refractivity (Wildman–Crippen MR) is 111 cm³/mol. The molecule has 0 radical (unpaired) electrons. The van der Waals surface area contributed by atoms with Gasteiger partial charge in [0.05, 0.1) is 10.5 Å². The SMILES string of the molecule is CC(OC(=O)c1cccnc1Sc1ccccc1)C(=O)Nc1ccc([N+](=O)[O-])cc1. The van der Waals surface area contributed by atoms with Gasteiger partial charge in [0.15, 0.2) is 6.10 Å². The van der Waals surface area contributed by atoms with E-state index in [0.29, 0.717) is 10.7 Å². The van der Waals surface area contributed by atoms with Crippen LogP contribution in [0.15, 0.2) is 82.8 Å². The van der Waals surface area contributed by atoms with Crippen LogP contribution in [0, 0.1) is 10.1 Å². The van der Waals surface area contributed by atoms with Crippen molar-refractivity contribution in [2.45, 2.75) is 22.9 Å². The number of non-ortho nitro benzene ring substituents is 1. The second-order valence-corrected chi connectivity index (χ2v) is 7.17. The number of pyridine rings is 1. The Balaban J connectivity index is 1.65. The van der Waals surface area contributed by atoms with Crippen LogP contribution in [0.4, 0.5) is 11.4 Å². The first-order valence-corrected chi connectivity index (χ1v) is 9.70. The molecule has 0 bridgehead atoms. The molecular weight excluding hydrogens is 406 g/mol. The lowest BCUT2D eigenvalue weighted by molar-refractivity contribution is -0.384. The zero-order valence-corrected chi connectivity index (χ0v) is 16.7. The van der Waals surface area contributed by atoms with Crippen LogP contribution in [0.5, 0.6) is 0 Å². The fraction of sp³-hybridized carbons (Fsp3) is 0.0952. The molecule has 8 nitrogen and oxygen atoms in total. The largest absolute Gasteiger partial charge is 0.449 e. The van der Waals surface area contributed by atoms with Crippen LogP contribution in [-0.2, 0) is 9.53 Å². The van der Waals surface area contributed by atoms with Crippen molar-refractivity contribution in [3.05, 3.63) is 88.6 Å². The lowest BCUT2D eigenvalue weighted by atomic mass is 10.2. The number of amides is 1. The van der Waals surface area contributed by atoms with Gasteiger partial charge < -0.3 is 10.1 Å². The van der Waals surface area contributed by atoms with Gasteiger partial charge in [-0.25, -0.2) is 9.78 Å². The minimum Gasteiger partial charge on any atom is -0.449 e. The van der Waals surface area contributed by atoms with E-state index in [9.17, 15) is 19.7 Å². The molecule has 1 amide bonds. The number of nitrogens with zero attached hydrogens (tertiary/aromatic N) is 2. The third kappa shape index (κ3) is 5.42. The van der Waals surface area contributed by atoms with E-state index in [1.165, 1.54) is 43.0 Å². The number of carbonyl (C=O) groups is 2. The van der Waals surface area contributed by atoms with Gasteiger partial charge in [0.25, 0.3) is 11.6 Å². The number of esters is 1. The molecule has 3 aromatic rings. The number of nitro groups is 1. The van der Waals surface area contributed by atoms with Crippen LogP contribution in [0.1, 0.15) is 17.3 Å². The highest BCUT2D eigenvalue weighted by molar-refractivity contribution is 7.99. The summed E-state index contributed by atoms with van der Waals surface area (Å²) in [5, 5.41) is 13.7. The molecule has 9 heteroatoms. The van der Waals surface area contributed by atoms with Crippen LogP contribution in [-0.4, -0.2) is 27.9 Å². The molecule has 0 spiro atoms. The quantitative estimate of drug-likeness (QED) is 0.342. The van der Waals surface area contributed by atoms with E-state index in [0.717, 1.165) is 4.90 Å². The minimum atomic E-state index is -1.08. The van der Waals surface area contributed by atoms with Crippen LogP contribution in [0.2, 0.25) is 0 Å². The fourth-order valence-corrected chi connectivity index (χ4v) is 3.31. The standard InChI is InChI=1S/C21H17N3O5S/c1-14(19(25)23-15-9-11-16(12-10-15)24(27)28)29-21(26)18-8-5-13-22-20(18)30-17-6-3-2-4-7-17/h2-14H,1H3,(H,23,25). The van der Waals surface area contributed by atoms with Gasteiger partial charge >= 0.3 is 5.97 Å². The number of ether oxygens (including phenoxy) is 1. The lowest BCUT2D eigenvalue weighted by Gasteiger charge is -2.14. The number of carbonyl (C=O) groups excluding carboxylic acids is 2. The molecule has 0 aliphatic carbocycles. The van der Waals surface area contributed by atoms with Crippen LogP contribution in [0.3, 0.4) is 0 Å². The van der Waals surface area contributed by atoms with Gasteiger partial charge in [-0.15, -0.1) is 0 Å². The van der Waals surface area contributed by atoms with Crippen molar-refractivity contribution in [2.75, 3.05) is 5.32 Å². The fourth-order valence-electron chi connectivity index (χ4n) is 2.42. The van der Waals surface area contributed by atoms with E-state index in [1.807, 2.05) is 30.3 Å². The van der Waals surface area contributed by atoms with E-state index in [-0.39, 0.29) is 11.3 Å². The Morgan fingerprint density at radius 2 is 1.77 bits per heavy atom. The zero-order valence-electron chi connectivity index (χ0n) is 15.8. The zero-order chi connectivity index (χ0) is 21.5. The predicted octanol–water partition coefficient (Wildman–Crippen LogP) is 4.33. The average molecular weight is 423 g/mol. The maximum Gasteiger partial charge on any atom is 0.341 e. The number of hydrogen-bond acceptors (Lipinski definition) is 7. The van der Waals surface area contributed by atoms with Crippen molar-refractivity contribution in [1.82, 2.24) is 4.98 Å². The second kappa shape index (κ2) is 9.66. The van der Waals surface area contributed by atoms with Crippen LogP contribution < -0.4 is 5.32 Å². The second-order valence-electron chi connectivity index (χ2n) is 6.11. The summed E-state index contributed by atoms with van der Waals surface area (Å²) in [6.45, 7) is 1.44. The number of benzene rings is 2. The van der Waals surface area contributed by atoms with Gasteiger partial charge in [-0.3, -0.25) is 14.9 Å². The Kier molecular flexibility index (Phi) is 6.76. The first-order valence-electron chi connectivity index (χ1n) is 8.88. The number of aromatic nitrogens is 1. The molecule has 1 heterocycles. The molecule has 0 saturated heterocycles. The molecule has 0 aliphatic heterocycles. The third-order valence-corrected chi connectivity index (χ3v) is 4.97. The molecule has 152 valence electrons. The summed E-state index contributed by atoms with van der Waals surface area (Å²) in [6, 6.07) is 18.0. The summed E-state index contributed by atoms with van der Waals surface area (Å²) < 4.78 is 5.30. The van der Waals surface area contributed by atoms with Crippen LogP contribution >= 0.6 is 11.8 Å². The maximum absolute atomic E-state index is 12.6. The lowest BCUT2D eigenvalue weighted by Crippen LogP contribution is -2.30. The molecule has 0 fully saturated rings. The first-order chi connectivity index (χ1) is 14.4. The Morgan fingerprint density at radius 1 is 1.07 bits per heavy atom. The molecule has 2 aromatic carbocycles. The molecule has 0 saturated carbocycles. The molecule has 1 aromatic heterocycles. The van der Waals surface area contributed by atoms with E-state index >= 15 is 0 Å². The highest BCUT2D eigenvalue weighted by Crippen LogP contribution is 2.29. The van der Waals surface area contributed by atoms with Crippen LogP contribution in [0.25, 0.3) is 0 Å². The Bertz CT molecular complexity index is 1060. The van der Waals surface area contributed by atoms with Crippen molar-refractivity contribution in [3.8, 4) is 0 Å². The van der Waals surface area contributed by atoms with Gasteiger partial charge in [-0.1, -0.05) is 30.0 Å². The van der Waals surface area contributed by atoms with E-state index in [1.54, 1.807) is 18.3 Å². The van der Waals surface area contributed by atoms with Crippen molar-refractivity contribution in [3.63, 3.8) is 0 Å². The highest BCUT2D eigenvalue weighted by atomic mass is 32.2. The number of hydrogen-bond donors (Lipinski definition) is 1. The molecule has 1 N–H and O–H groups in total. The summed E-state index contributed by atoms with van der Waals surface area (Å²) in [5.41, 5.74) is 0.518. The van der Waals surface area contributed by atoms with Gasteiger partial charge in [-0.2, -0.15) is 0 Å². The normalized spacial score (nSPS) is 11.4. The summed E-state index contributed by atoms with van der Waals surface area (Å²) in [6.07, 6.45) is 0.495. The van der Waals surface area contributed by atoms with Gasteiger partial charge in [0, 0.05) is 28.9 Å². The van der Waals surface area contributed by atoms with Crippen molar-refractivity contribution in [2.24, 2.45) is 0 Å². The summed E-state index contributed by atoms with van der Waals surface area (Å²) >= 11 is 1.32.